The number of benzene rings is 1. The Morgan fingerprint density at radius 2 is 2.00 bits per heavy atom. The minimum Gasteiger partial charge on any atom is -0.492 e. The zero-order valence-electron chi connectivity index (χ0n) is 10.1. The molecule has 0 radical (unpaired) electrons. The van der Waals surface area contributed by atoms with Crippen molar-refractivity contribution < 1.29 is 14.3 Å². The van der Waals surface area contributed by atoms with Gasteiger partial charge in [0.1, 0.15) is 5.75 Å². The number of hydrogen-bond donors (Lipinski definition) is 0. The van der Waals surface area contributed by atoms with Gasteiger partial charge < -0.3 is 9.47 Å². The average molecular weight is 267 g/mol. The van der Waals surface area contributed by atoms with Crippen molar-refractivity contribution in [2.24, 2.45) is 5.92 Å². The van der Waals surface area contributed by atoms with Crippen LogP contribution in [0.4, 0.5) is 0 Å². The first kappa shape index (κ1) is 12.0. The smallest absolute Gasteiger partial charge is 0.169 e. The summed E-state index contributed by atoms with van der Waals surface area (Å²) in [5.41, 5.74) is 1.71. The van der Waals surface area contributed by atoms with E-state index in [1.807, 2.05) is 6.07 Å². The van der Waals surface area contributed by atoms with Gasteiger partial charge in [0.05, 0.1) is 12.2 Å². The molecule has 0 bridgehead atoms. The van der Waals surface area contributed by atoms with E-state index in [0.29, 0.717) is 30.4 Å². The number of fused-ring (bicyclic) bond motifs is 1. The molecule has 2 aliphatic heterocycles. The second kappa shape index (κ2) is 4.90. The SMILES string of the molecule is O=C(c1cc(Cl)cc2c1OCC2)C1CCOCC1. The Kier molecular flexibility index (Phi) is 3.27. The molecule has 0 spiro atoms. The van der Waals surface area contributed by atoms with E-state index in [9.17, 15) is 4.79 Å². The first-order valence-electron chi connectivity index (χ1n) is 6.33. The van der Waals surface area contributed by atoms with Gasteiger partial charge in [0, 0.05) is 30.6 Å². The van der Waals surface area contributed by atoms with Gasteiger partial charge >= 0.3 is 0 Å². The van der Waals surface area contributed by atoms with Crippen LogP contribution in [0.5, 0.6) is 5.75 Å². The summed E-state index contributed by atoms with van der Waals surface area (Å²) >= 11 is 6.08. The maximum atomic E-state index is 12.5. The first-order chi connectivity index (χ1) is 8.75. The molecular weight excluding hydrogens is 252 g/mol. The molecule has 1 aromatic rings. The average Bonchev–Trinajstić information content (AvgIpc) is 2.86. The van der Waals surface area contributed by atoms with Crippen LogP contribution in [0.2, 0.25) is 5.02 Å². The van der Waals surface area contributed by atoms with E-state index in [4.69, 9.17) is 21.1 Å². The van der Waals surface area contributed by atoms with Crippen LogP contribution in [-0.4, -0.2) is 25.6 Å². The van der Waals surface area contributed by atoms with E-state index >= 15 is 0 Å². The predicted molar refractivity (Wildman–Crippen MR) is 68.5 cm³/mol. The molecule has 3 rings (SSSR count). The van der Waals surface area contributed by atoms with Crippen molar-refractivity contribution in [1.82, 2.24) is 0 Å². The highest BCUT2D eigenvalue weighted by molar-refractivity contribution is 6.31. The normalized spacial score (nSPS) is 19.4. The largest absolute Gasteiger partial charge is 0.492 e. The molecule has 4 heteroatoms. The molecule has 0 N–H and O–H groups in total. The van der Waals surface area contributed by atoms with Gasteiger partial charge in [0.2, 0.25) is 0 Å². The molecule has 96 valence electrons. The summed E-state index contributed by atoms with van der Waals surface area (Å²) in [6, 6.07) is 3.63. The Labute approximate surface area is 111 Å². The van der Waals surface area contributed by atoms with Gasteiger partial charge in [-0.05, 0) is 30.5 Å². The summed E-state index contributed by atoms with van der Waals surface area (Å²) in [5.74, 6) is 0.945. The van der Waals surface area contributed by atoms with Crippen molar-refractivity contribution in [3.8, 4) is 5.75 Å². The highest BCUT2D eigenvalue weighted by Gasteiger charge is 2.28. The molecule has 0 saturated carbocycles. The molecule has 1 fully saturated rings. The van der Waals surface area contributed by atoms with Gasteiger partial charge in [-0.25, -0.2) is 0 Å². The van der Waals surface area contributed by atoms with Crippen LogP contribution in [0.1, 0.15) is 28.8 Å². The van der Waals surface area contributed by atoms with E-state index in [-0.39, 0.29) is 11.7 Å². The van der Waals surface area contributed by atoms with Crippen molar-refractivity contribution in [1.29, 1.82) is 0 Å². The molecular formula is C14H15ClO3. The number of ketones is 1. The number of ether oxygens (including phenoxy) is 2. The molecule has 0 aliphatic carbocycles. The highest BCUT2D eigenvalue weighted by Crippen LogP contribution is 2.35. The Bertz CT molecular complexity index is 478. The fraction of sp³-hybridized carbons (Fsp3) is 0.500. The van der Waals surface area contributed by atoms with E-state index in [0.717, 1.165) is 30.6 Å². The number of carbonyl (C=O) groups is 1. The molecule has 1 saturated heterocycles. The Balaban J connectivity index is 1.93. The number of Topliss-reactive ketones (excluding diaryl/α,β-unsaturated/α-hetero) is 1. The zero-order chi connectivity index (χ0) is 12.5. The fourth-order valence-electron chi connectivity index (χ4n) is 2.63. The minimum absolute atomic E-state index is 0.0468. The van der Waals surface area contributed by atoms with Crippen molar-refractivity contribution in [2.75, 3.05) is 19.8 Å². The third-order valence-electron chi connectivity index (χ3n) is 3.61. The van der Waals surface area contributed by atoms with Gasteiger partial charge in [-0.2, -0.15) is 0 Å². The lowest BCUT2D eigenvalue weighted by molar-refractivity contribution is 0.0543. The lowest BCUT2D eigenvalue weighted by atomic mass is 9.90. The summed E-state index contributed by atoms with van der Waals surface area (Å²) in [6.07, 6.45) is 2.42. The second-order valence-corrected chi connectivity index (χ2v) is 5.23. The van der Waals surface area contributed by atoms with Gasteiger partial charge in [0.15, 0.2) is 5.78 Å². The fourth-order valence-corrected chi connectivity index (χ4v) is 2.87. The quantitative estimate of drug-likeness (QED) is 0.772. The van der Waals surface area contributed by atoms with E-state index in [1.54, 1.807) is 6.07 Å². The first-order valence-corrected chi connectivity index (χ1v) is 6.70. The van der Waals surface area contributed by atoms with E-state index in [1.165, 1.54) is 0 Å². The summed E-state index contributed by atoms with van der Waals surface area (Å²) < 4.78 is 10.9. The molecule has 18 heavy (non-hydrogen) atoms. The minimum atomic E-state index is 0.0468. The molecule has 0 atom stereocenters. The van der Waals surface area contributed by atoms with E-state index < -0.39 is 0 Å². The van der Waals surface area contributed by atoms with Crippen LogP contribution in [0.15, 0.2) is 12.1 Å². The van der Waals surface area contributed by atoms with Crippen molar-refractivity contribution in [2.45, 2.75) is 19.3 Å². The van der Waals surface area contributed by atoms with E-state index in [2.05, 4.69) is 0 Å². The summed E-state index contributed by atoms with van der Waals surface area (Å²) in [5, 5.41) is 0.620. The molecule has 2 aliphatic rings. The van der Waals surface area contributed by atoms with Crippen LogP contribution in [0.25, 0.3) is 0 Å². The summed E-state index contributed by atoms with van der Waals surface area (Å²) in [4.78, 5) is 12.5. The van der Waals surface area contributed by atoms with Gasteiger partial charge in [-0.15, -0.1) is 0 Å². The standard InChI is InChI=1S/C14H15ClO3/c15-11-7-10-3-6-18-14(10)12(8-11)13(16)9-1-4-17-5-2-9/h7-9H,1-6H2. The van der Waals surface area contributed by atoms with Gasteiger partial charge in [-0.1, -0.05) is 11.6 Å². The topological polar surface area (TPSA) is 35.5 Å². The van der Waals surface area contributed by atoms with Crippen molar-refractivity contribution >= 4 is 17.4 Å². The number of carbonyl (C=O) groups excluding carboxylic acids is 1. The molecule has 2 heterocycles. The van der Waals surface area contributed by atoms with Crippen molar-refractivity contribution in [3.05, 3.63) is 28.3 Å². The summed E-state index contributed by atoms with van der Waals surface area (Å²) in [7, 11) is 0. The van der Waals surface area contributed by atoms with Crippen molar-refractivity contribution in [3.63, 3.8) is 0 Å². The van der Waals surface area contributed by atoms with Crippen LogP contribution in [0, 0.1) is 5.92 Å². The number of hydrogen-bond acceptors (Lipinski definition) is 3. The second-order valence-electron chi connectivity index (χ2n) is 4.79. The monoisotopic (exact) mass is 266 g/mol. The maximum absolute atomic E-state index is 12.5. The molecule has 3 nitrogen and oxygen atoms in total. The van der Waals surface area contributed by atoms with Crippen LogP contribution < -0.4 is 4.74 Å². The molecule has 0 amide bonds. The predicted octanol–water partition coefficient (Wildman–Crippen LogP) is 2.88. The third kappa shape index (κ3) is 2.13. The number of halogens is 1. The lowest BCUT2D eigenvalue weighted by Crippen LogP contribution is -2.23. The van der Waals surface area contributed by atoms with Gasteiger partial charge in [0.25, 0.3) is 0 Å². The van der Waals surface area contributed by atoms with Crippen LogP contribution in [-0.2, 0) is 11.2 Å². The molecule has 1 aromatic carbocycles. The zero-order valence-corrected chi connectivity index (χ0v) is 10.8. The Morgan fingerprint density at radius 1 is 1.22 bits per heavy atom. The Hall–Kier alpha value is -1.06. The highest BCUT2D eigenvalue weighted by atomic mass is 35.5. The maximum Gasteiger partial charge on any atom is 0.169 e. The van der Waals surface area contributed by atoms with Gasteiger partial charge in [-0.3, -0.25) is 4.79 Å². The Morgan fingerprint density at radius 3 is 2.78 bits per heavy atom. The number of rotatable bonds is 2. The van der Waals surface area contributed by atoms with Crippen LogP contribution in [0.3, 0.4) is 0 Å². The molecule has 0 aromatic heterocycles. The summed E-state index contributed by atoms with van der Waals surface area (Å²) in [6.45, 7) is 1.98. The lowest BCUT2D eigenvalue weighted by Gasteiger charge is -2.21. The third-order valence-corrected chi connectivity index (χ3v) is 3.82. The van der Waals surface area contributed by atoms with Crippen LogP contribution >= 0.6 is 11.6 Å². The molecule has 0 unspecified atom stereocenters.